The SMILES string of the molecule is COC(=O)CNc1cccc(Cl)c1C#N. The van der Waals surface area contributed by atoms with E-state index in [9.17, 15) is 4.79 Å². The van der Waals surface area contributed by atoms with E-state index < -0.39 is 5.97 Å². The lowest BCUT2D eigenvalue weighted by Crippen LogP contribution is -2.15. The van der Waals surface area contributed by atoms with E-state index >= 15 is 0 Å². The van der Waals surface area contributed by atoms with Crippen molar-refractivity contribution >= 4 is 23.3 Å². The number of esters is 1. The van der Waals surface area contributed by atoms with Crippen molar-refractivity contribution in [3.8, 4) is 6.07 Å². The first-order valence-electron chi connectivity index (χ1n) is 4.18. The van der Waals surface area contributed by atoms with Crippen molar-refractivity contribution in [3.05, 3.63) is 28.8 Å². The summed E-state index contributed by atoms with van der Waals surface area (Å²) in [6.07, 6.45) is 0. The van der Waals surface area contributed by atoms with Gasteiger partial charge < -0.3 is 10.1 Å². The molecule has 0 spiro atoms. The van der Waals surface area contributed by atoms with Gasteiger partial charge in [-0.05, 0) is 12.1 Å². The Morgan fingerprint density at radius 3 is 3.00 bits per heavy atom. The molecule has 0 aliphatic heterocycles. The number of anilines is 1. The standard InChI is InChI=1S/C10H9ClN2O2/c1-15-10(14)6-13-9-4-2-3-8(11)7(9)5-12/h2-4,13H,6H2,1H3. The van der Waals surface area contributed by atoms with Crippen LogP contribution in [0.25, 0.3) is 0 Å². The maximum atomic E-state index is 10.9. The van der Waals surface area contributed by atoms with E-state index in [0.29, 0.717) is 16.3 Å². The quantitative estimate of drug-likeness (QED) is 0.796. The zero-order valence-electron chi connectivity index (χ0n) is 8.08. The molecule has 1 N–H and O–H groups in total. The smallest absolute Gasteiger partial charge is 0.325 e. The minimum absolute atomic E-state index is 0.00548. The summed E-state index contributed by atoms with van der Waals surface area (Å²) in [5.74, 6) is -0.404. The molecule has 0 saturated heterocycles. The molecule has 0 aromatic heterocycles. The molecule has 4 nitrogen and oxygen atoms in total. The number of nitrogens with zero attached hydrogens (tertiary/aromatic N) is 1. The van der Waals surface area contributed by atoms with Gasteiger partial charge in [0, 0.05) is 0 Å². The number of nitriles is 1. The van der Waals surface area contributed by atoms with Crippen molar-refractivity contribution in [1.29, 1.82) is 5.26 Å². The molecule has 0 saturated carbocycles. The highest BCUT2D eigenvalue weighted by atomic mass is 35.5. The molecule has 0 radical (unpaired) electrons. The third kappa shape index (κ3) is 2.86. The number of nitrogens with one attached hydrogen (secondary N) is 1. The van der Waals surface area contributed by atoms with Crippen molar-refractivity contribution < 1.29 is 9.53 Å². The molecule has 0 aliphatic rings. The highest BCUT2D eigenvalue weighted by Gasteiger charge is 2.07. The van der Waals surface area contributed by atoms with Crippen molar-refractivity contribution in [2.75, 3.05) is 19.0 Å². The van der Waals surface area contributed by atoms with Crippen LogP contribution in [0.3, 0.4) is 0 Å². The number of rotatable bonds is 3. The largest absolute Gasteiger partial charge is 0.468 e. The van der Waals surface area contributed by atoms with Gasteiger partial charge in [-0.2, -0.15) is 5.26 Å². The molecule has 0 bridgehead atoms. The molecule has 1 aromatic rings. The average Bonchev–Trinajstić information content (AvgIpc) is 2.25. The molecule has 5 heteroatoms. The normalized spacial score (nSPS) is 9.13. The summed E-state index contributed by atoms with van der Waals surface area (Å²) in [5.41, 5.74) is 0.846. The Bertz CT molecular complexity index is 412. The summed E-state index contributed by atoms with van der Waals surface area (Å²) in [4.78, 5) is 10.9. The van der Waals surface area contributed by atoms with Crippen molar-refractivity contribution in [3.63, 3.8) is 0 Å². The lowest BCUT2D eigenvalue weighted by Gasteiger charge is -2.07. The molecule has 0 fully saturated rings. The van der Waals surface area contributed by atoms with Gasteiger partial charge >= 0.3 is 5.97 Å². The lowest BCUT2D eigenvalue weighted by molar-refractivity contribution is -0.138. The van der Waals surface area contributed by atoms with Crippen LogP contribution in [0.4, 0.5) is 5.69 Å². The zero-order valence-corrected chi connectivity index (χ0v) is 8.84. The van der Waals surface area contributed by atoms with Crippen LogP contribution >= 0.6 is 11.6 Å². The fourth-order valence-electron chi connectivity index (χ4n) is 1.02. The van der Waals surface area contributed by atoms with Crippen LogP contribution in [-0.2, 0) is 9.53 Å². The van der Waals surface area contributed by atoms with Gasteiger partial charge in [0.05, 0.1) is 23.4 Å². The predicted molar refractivity (Wildman–Crippen MR) is 56.7 cm³/mol. The molecule has 0 amide bonds. The van der Waals surface area contributed by atoms with Gasteiger partial charge in [-0.15, -0.1) is 0 Å². The van der Waals surface area contributed by atoms with E-state index in [4.69, 9.17) is 16.9 Å². The molecule has 0 atom stereocenters. The van der Waals surface area contributed by atoms with Crippen molar-refractivity contribution in [1.82, 2.24) is 0 Å². The summed E-state index contributed by atoms with van der Waals surface area (Å²) in [5, 5.41) is 12.0. The Morgan fingerprint density at radius 1 is 1.67 bits per heavy atom. The Morgan fingerprint density at radius 2 is 2.40 bits per heavy atom. The second kappa shape index (κ2) is 5.23. The fraction of sp³-hybridized carbons (Fsp3) is 0.200. The Balaban J connectivity index is 2.82. The monoisotopic (exact) mass is 224 g/mol. The van der Waals surface area contributed by atoms with Gasteiger partial charge in [0.2, 0.25) is 0 Å². The van der Waals surface area contributed by atoms with Gasteiger partial charge in [-0.3, -0.25) is 4.79 Å². The van der Waals surface area contributed by atoms with Crippen LogP contribution in [0, 0.1) is 11.3 Å². The minimum atomic E-state index is -0.404. The molecular formula is C10H9ClN2O2. The number of methoxy groups -OCH3 is 1. The number of ether oxygens (including phenoxy) is 1. The summed E-state index contributed by atoms with van der Waals surface area (Å²) >= 11 is 5.80. The second-order valence-corrected chi connectivity index (χ2v) is 3.11. The van der Waals surface area contributed by atoms with E-state index in [-0.39, 0.29) is 6.54 Å². The fourth-order valence-corrected chi connectivity index (χ4v) is 1.24. The lowest BCUT2D eigenvalue weighted by atomic mass is 10.2. The van der Waals surface area contributed by atoms with E-state index in [1.165, 1.54) is 7.11 Å². The maximum Gasteiger partial charge on any atom is 0.325 e. The first-order valence-corrected chi connectivity index (χ1v) is 4.56. The predicted octanol–water partition coefficient (Wildman–Crippen LogP) is 1.80. The van der Waals surface area contributed by atoms with Gasteiger partial charge in [0.1, 0.15) is 12.6 Å². The summed E-state index contributed by atoms with van der Waals surface area (Å²) in [6, 6.07) is 6.94. The molecule has 0 heterocycles. The summed E-state index contributed by atoms with van der Waals surface area (Å²) in [7, 11) is 1.30. The summed E-state index contributed by atoms with van der Waals surface area (Å²) in [6.45, 7) is 0.00548. The van der Waals surface area contributed by atoms with Crippen LogP contribution in [0.15, 0.2) is 18.2 Å². The molecule has 1 aromatic carbocycles. The molecule has 78 valence electrons. The third-order valence-corrected chi connectivity index (χ3v) is 2.09. The highest BCUT2D eigenvalue weighted by molar-refractivity contribution is 6.32. The van der Waals surface area contributed by atoms with E-state index in [1.54, 1.807) is 18.2 Å². The van der Waals surface area contributed by atoms with Gasteiger partial charge in [-0.1, -0.05) is 17.7 Å². The van der Waals surface area contributed by atoms with Gasteiger partial charge in [-0.25, -0.2) is 0 Å². The molecule has 0 aliphatic carbocycles. The van der Waals surface area contributed by atoms with E-state index in [1.807, 2.05) is 6.07 Å². The second-order valence-electron chi connectivity index (χ2n) is 2.70. The van der Waals surface area contributed by atoms with Gasteiger partial charge in [0.25, 0.3) is 0 Å². The van der Waals surface area contributed by atoms with Crippen LogP contribution in [0.2, 0.25) is 5.02 Å². The molecular weight excluding hydrogens is 216 g/mol. The van der Waals surface area contributed by atoms with Gasteiger partial charge in [0.15, 0.2) is 0 Å². The van der Waals surface area contributed by atoms with Crippen LogP contribution < -0.4 is 5.32 Å². The van der Waals surface area contributed by atoms with Crippen molar-refractivity contribution in [2.24, 2.45) is 0 Å². The number of halogens is 1. The van der Waals surface area contributed by atoms with E-state index in [2.05, 4.69) is 10.1 Å². The number of benzene rings is 1. The van der Waals surface area contributed by atoms with Crippen molar-refractivity contribution in [2.45, 2.75) is 0 Å². The molecule has 15 heavy (non-hydrogen) atoms. The zero-order chi connectivity index (χ0) is 11.3. The number of hydrogen-bond acceptors (Lipinski definition) is 4. The topological polar surface area (TPSA) is 62.1 Å². The van der Waals surface area contributed by atoms with Crippen LogP contribution in [0.5, 0.6) is 0 Å². The number of carbonyl (C=O) groups is 1. The Labute approximate surface area is 92.4 Å². The summed E-state index contributed by atoms with van der Waals surface area (Å²) < 4.78 is 4.46. The first kappa shape index (κ1) is 11.3. The minimum Gasteiger partial charge on any atom is -0.468 e. The average molecular weight is 225 g/mol. The Kier molecular flexibility index (Phi) is 3.95. The van der Waals surface area contributed by atoms with E-state index in [0.717, 1.165) is 0 Å². The number of carbonyl (C=O) groups excluding carboxylic acids is 1. The highest BCUT2D eigenvalue weighted by Crippen LogP contribution is 2.22. The molecule has 1 rings (SSSR count). The number of hydrogen-bond donors (Lipinski definition) is 1. The molecule has 0 unspecified atom stereocenters. The first-order chi connectivity index (χ1) is 7.19. The van der Waals surface area contributed by atoms with Crippen LogP contribution in [0.1, 0.15) is 5.56 Å². The maximum absolute atomic E-state index is 10.9. The van der Waals surface area contributed by atoms with Crippen LogP contribution in [-0.4, -0.2) is 19.6 Å². The Hall–Kier alpha value is -1.73. The third-order valence-electron chi connectivity index (χ3n) is 1.78.